The minimum atomic E-state index is -0.224. The van der Waals surface area contributed by atoms with Gasteiger partial charge in [0.2, 0.25) is 0 Å². The Kier molecular flexibility index (Phi) is 2.21. The number of esters is 1. The number of carbonyl (C=O) groups is 1. The van der Waals surface area contributed by atoms with Crippen LogP contribution in [0.25, 0.3) is 0 Å². The highest BCUT2D eigenvalue weighted by molar-refractivity contribution is 5.77. The van der Waals surface area contributed by atoms with Gasteiger partial charge in [-0.1, -0.05) is 13.8 Å². The molecule has 0 aromatic heterocycles. The van der Waals surface area contributed by atoms with Crippen molar-refractivity contribution in [3.05, 3.63) is 0 Å². The first-order valence-electron chi connectivity index (χ1n) is 4.24. The van der Waals surface area contributed by atoms with E-state index in [1.54, 1.807) is 0 Å². The second-order valence-electron chi connectivity index (χ2n) is 3.81. The van der Waals surface area contributed by atoms with Gasteiger partial charge in [-0.25, -0.2) is 0 Å². The highest BCUT2D eigenvalue weighted by atomic mass is 16.5. The first kappa shape index (κ1) is 8.57. The van der Waals surface area contributed by atoms with Gasteiger partial charge in [0.1, 0.15) is 0 Å². The van der Waals surface area contributed by atoms with Crippen LogP contribution in [0.2, 0.25) is 0 Å². The molecule has 2 heteroatoms. The van der Waals surface area contributed by atoms with E-state index in [0.29, 0.717) is 12.5 Å². The van der Waals surface area contributed by atoms with Crippen LogP contribution in [0, 0.1) is 11.3 Å². The molecule has 1 saturated heterocycles. The summed E-state index contributed by atoms with van der Waals surface area (Å²) in [5.74, 6) is 0.369. The van der Waals surface area contributed by atoms with Gasteiger partial charge in [0, 0.05) is 0 Å². The van der Waals surface area contributed by atoms with Crippen molar-refractivity contribution in [3.63, 3.8) is 0 Å². The lowest BCUT2D eigenvalue weighted by atomic mass is 9.74. The van der Waals surface area contributed by atoms with Crippen LogP contribution in [-0.4, -0.2) is 12.6 Å². The predicted octanol–water partition coefficient (Wildman–Crippen LogP) is 1.99. The summed E-state index contributed by atoms with van der Waals surface area (Å²) in [5.41, 5.74) is -0.224. The molecule has 0 amide bonds. The number of hydrogen-bond acceptors (Lipinski definition) is 2. The van der Waals surface area contributed by atoms with Gasteiger partial charge < -0.3 is 4.74 Å². The Balaban J connectivity index is 2.73. The molecule has 1 unspecified atom stereocenters. The quantitative estimate of drug-likeness (QED) is 0.543. The molecule has 1 aliphatic heterocycles. The summed E-state index contributed by atoms with van der Waals surface area (Å²) in [5, 5.41) is 0. The largest absolute Gasteiger partial charge is 0.465 e. The fourth-order valence-electron chi connectivity index (χ4n) is 1.40. The molecule has 0 N–H and O–H groups in total. The van der Waals surface area contributed by atoms with Crippen molar-refractivity contribution in [2.75, 3.05) is 6.61 Å². The van der Waals surface area contributed by atoms with E-state index in [1.165, 1.54) is 0 Å². The molecule has 0 aliphatic carbocycles. The monoisotopic (exact) mass is 156 g/mol. The van der Waals surface area contributed by atoms with E-state index in [4.69, 9.17) is 4.74 Å². The van der Waals surface area contributed by atoms with E-state index >= 15 is 0 Å². The van der Waals surface area contributed by atoms with Gasteiger partial charge in [0.05, 0.1) is 12.0 Å². The normalized spacial score (nSPS) is 32.2. The van der Waals surface area contributed by atoms with Crippen LogP contribution in [0.1, 0.15) is 33.6 Å². The van der Waals surface area contributed by atoms with Gasteiger partial charge in [0.15, 0.2) is 0 Å². The average molecular weight is 156 g/mol. The van der Waals surface area contributed by atoms with Gasteiger partial charge in [0.25, 0.3) is 0 Å². The second kappa shape index (κ2) is 2.84. The number of cyclic esters (lactones) is 1. The Labute approximate surface area is 67.9 Å². The highest BCUT2D eigenvalue weighted by Crippen LogP contribution is 2.36. The number of carbonyl (C=O) groups excluding carboxylic acids is 1. The van der Waals surface area contributed by atoms with Crippen molar-refractivity contribution < 1.29 is 9.53 Å². The molecule has 0 radical (unpaired) electrons. The van der Waals surface area contributed by atoms with Crippen molar-refractivity contribution in [1.29, 1.82) is 0 Å². The lowest BCUT2D eigenvalue weighted by Crippen LogP contribution is -2.38. The third-order valence-electron chi connectivity index (χ3n) is 2.81. The summed E-state index contributed by atoms with van der Waals surface area (Å²) in [6.07, 6.45) is 1.99. The minimum absolute atomic E-state index is 0.0150. The van der Waals surface area contributed by atoms with Crippen LogP contribution < -0.4 is 0 Å². The van der Waals surface area contributed by atoms with Crippen molar-refractivity contribution in [1.82, 2.24) is 0 Å². The third kappa shape index (κ3) is 1.39. The molecule has 1 heterocycles. The summed E-state index contributed by atoms with van der Waals surface area (Å²) in [6.45, 7) is 6.76. The maximum atomic E-state index is 11.3. The Hall–Kier alpha value is -0.530. The highest BCUT2D eigenvalue weighted by Gasteiger charge is 2.39. The lowest BCUT2D eigenvalue weighted by Gasteiger charge is -2.34. The third-order valence-corrected chi connectivity index (χ3v) is 2.81. The fraction of sp³-hybridized carbons (Fsp3) is 0.889. The lowest BCUT2D eigenvalue weighted by molar-refractivity contribution is -0.164. The maximum Gasteiger partial charge on any atom is 0.312 e. The number of ether oxygens (including phenoxy) is 1. The van der Waals surface area contributed by atoms with E-state index in [1.807, 2.05) is 6.92 Å². The van der Waals surface area contributed by atoms with E-state index in [0.717, 1.165) is 12.8 Å². The molecular weight excluding hydrogens is 140 g/mol. The zero-order valence-corrected chi connectivity index (χ0v) is 7.52. The molecule has 1 fully saturated rings. The van der Waals surface area contributed by atoms with Gasteiger partial charge in [-0.2, -0.15) is 0 Å². The maximum absolute atomic E-state index is 11.3. The van der Waals surface area contributed by atoms with Gasteiger partial charge in [-0.15, -0.1) is 0 Å². The fourth-order valence-corrected chi connectivity index (χ4v) is 1.40. The molecule has 0 aromatic carbocycles. The van der Waals surface area contributed by atoms with Crippen LogP contribution in [-0.2, 0) is 9.53 Å². The van der Waals surface area contributed by atoms with Gasteiger partial charge in [-0.3, -0.25) is 4.79 Å². The number of rotatable bonds is 1. The van der Waals surface area contributed by atoms with Crippen LogP contribution in [0.3, 0.4) is 0 Å². The molecule has 0 spiro atoms. The first-order chi connectivity index (χ1) is 5.07. The Morgan fingerprint density at radius 1 is 1.55 bits per heavy atom. The zero-order valence-electron chi connectivity index (χ0n) is 7.52. The standard InChI is InChI=1S/C9H16O2/c1-7(2)9(3)5-4-6-11-8(9)10/h7H,4-6H2,1-3H3. The minimum Gasteiger partial charge on any atom is -0.465 e. The molecule has 0 bridgehead atoms. The molecule has 0 aromatic rings. The summed E-state index contributed by atoms with van der Waals surface area (Å²) in [7, 11) is 0. The molecule has 1 rings (SSSR count). The summed E-state index contributed by atoms with van der Waals surface area (Å²) >= 11 is 0. The summed E-state index contributed by atoms with van der Waals surface area (Å²) in [4.78, 5) is 11.3. The van der Waals surface area contributed by atoms with Crippen LogP contribution in [0.5, 0.6) is 0 Å². The zero-order chi connectivity index (χ0) is 8.48. The van der Waals surface area contributed by atoms with Crippen molar-refractivity contribution in [2.24, 2.45) is 11.3 Å². The molecule has 1 atom stereocenters. The van der Waals surface area contributed by atoms with E-state index < -0.39 is 0 Å². The molecule has 0 saturated carbocycles. The summed E-state index contributed by atoms with van der Waals surface area (Å²) in [6, 6.07) is 0. The van der Waals surface area contributed by atoms with Crippen LogP contribution in [0.15, 0.2) is 0 Å². The molecule has 1 aliphatic rings. The number of hydrogen-bond donors (Lipinski definition) is 0. The van der Waals surface area contributed by atoms with Crippen LogP contribution in [0.4, 0.5) is 0 Å². The van der Waals surface area contributed by atoms with Crippen molar-refractivity contribution in [3.8, 4) is 0 Å². The predicted molar refractivity (Wildman–Crippen MR) is 43.1 cm³/mol. The van der Waals surface area contributed by atoms with Gasteiger partial charge >= 0.3 is 5.97 Å². The van der Waals surface area contributed by atoms with E-state index in [-0.39, 0.29) is 11.4 Å². The van der Waals surface area contributed by atoms with Crippen molar-refractivity contribution >= 4 is 5.97 Å². The summed E-state index contributed by atoms with van der Waals surface area (Å²) < 4.78 is 5.02. The topological polar surface area (TPSA) is 26.3 Å². The van der Waals surface area contributed by atoms with Crippen LogP contribution >= 0.6 is 0 Å². The Bertz CT molecular complexity index is 163. The molecule has 2 nitrogen and oxygen atoms in total. The first-order valence-corrected chi connectivity index (χ1v) is 4.24. The van der Waals surface area contributed by atoms with Crippen molar-refractivity contribution in [2.45, 2.75) is 33.6 Å². The van der Waals surface area contributed by atoms with E-state index in [9.17, 15) is 4.79 Å². The smallest absolute Gasteiger partial charge is 0.312 e. The van der Waals surface area contributed by atoms with Gasteiger partial charge in [-0.05, 0) is 25.7 Å². The SMILES string of the molecule is CC(C)C1(C)CCCOC1=O. The Morgan fingerprint density at radius 3 is 2.55 bits per heavy atom. The Morgan fingerprint density at radius 2 is 2.18 bits per heavy atom. The van der Waals surface area contributed by atoms with E-state index in [2.05, 4.69) is 13.8 Å². The second-order valence-corrected chi connectivity index (χ2v) is 3.81. The molecule has 11 heavy (non-hydrogen) atoms. The molecular formula is C9H16O2. The average Bonchev–Trinajstić information content (AvgIpc) is 1.95. The molecule has 64 valence electrons.